The number of hydrogen-bond acceptors (Lipinski definition) is 5. The third kappa shape index (κ3) is 4.42. The number of Topliss-reactive ketones (excluding diaryl/α,β-unsaturated/α-hetero) is 1. The third-order valence-corrected chi connectivity index (χ3v) is 5.30. The highest BCUT2D eigenvalue weighted by Crippen LogP contribution is 2.29. The Morgan fingerprint density at radius 2 is 1.71 bits per heavy atom. The predicted octanol–water partition coefficient (Wildman–Crippen LogP) is 5.24. The highest BCUT2D eigenvalue weighted by molar-refractivity contribution is 6.00. The van der Waals surface area contributed by atoms with Crippen LogP contribution in [0.2, 0.25) is 0 Å². The molecule has 31 heavy (non-hydrogen) atoms. The molecule has 0 aliphatic heterocycles. The van der Waals surface area contributed by atoms with Gasteiger partial charge in [-0.1, -0.05) is 54.1 Å². The van der Waals surface area contributed by atoms with Crippen LogP contribution in [0.4, 0.5) is 17.2 Å². The van der Waals surface area contributed by atoms with Crippen LogP contribution in [0.3, 0.4) is 0 Å². The number of nitrogens with two attached hydrogens (primary N) is 1. The van der Waals surface area contributed by atoms with Gasteiger partial charge in [0, 0.05) is 42.5 Å². The molecular weight excluding hydrogens is 384 g/mol. The van der Waals surface area contributed by atoms with Crippen LogP contribution in [0.25, 0.3) is 10.9 Å². The van der Waals surface area contributed by atoms with Gasteiger partial charge in [0.25, 0.3) is 0 Å². The minimum absolute atomic E-state index is 0.0868. The van der Waals surface area contributed by atoms with E-state index in [-0.39, 0.29) is 5.78 Å². The van der Waals surface area contributed by atoms with E-state index in [1.165, 1.54) is 0 Å². The fourth-order valence-electron chi connectivity index (χ4n) is 3.64. The van der Waals surface area contributed by atoms with Gasteiger partial charge in [0.2, 0.25) is 0 Å². The second-order valence-corrected chi connectivity index (χ2v) is 7.90. The molecule has 0 aliphatic rings. The molecule has 5 heteroatoms. The van der Waals surface area contributed by atoms with Crippen LogP contribution in [0, 0.1) is 6.92 Å². The normalized spacial score (nSPS) is 11.9. The summed E-state index contributed by atoms with van der Waals surface area (Å²) in [6.07, 6.45) is 0. The number of benzene rings is 3. The molecule has 0 spiro atoms. The number of pyridine rings is 1. The lowest BCUT2D eigenvalue weighted by Gasteiger charge is -2.17. The van der Waals surface area contributed by atoms with Crippen LogP contribution in [0.1, 0.15) is 27.5 Å². The van der Waals surface area contributed by atoms with Gasteiger partial charge in [0.1, 0.15) is 5.82 Å². The van der Waals surface area contributed by atoms with Gasteiger partial charge < -0.3 is 16.0 Å². The summed E-state index contributed by atoms with van der Waals surface area (Å²) in [5, 5.41) is 4.47. The summed E-state index contributed by atoms with van der Waals surface area (Å²) in [6.45, 7) is 1.96. The number of para-hydroxylation sites is 1. The maximum absolute atomic E-state index is 12.7. The summed E-state index contributed by atoms with van der Waals surface area (Å²) in [7, 11) is 4.04. The molecule has 0 bridgehead atoms. The first-order valence-corrected chi connectivity index (χ1v) is 10.2. The minimum atomic E-state index is -0.699. The van der Waals surface area contributed by atoms with E-state index >= 15 is 0 Å². The van der Waals surface area contributed by atoms with E-state index < -0.39 is 6.04 Å². The summed E-state index contributed by atoms with van der Waals surface area (Å²) in [4.78, 5) is 19.6. The molecule has 3 aromatic carbocycles. The zero-order valence-corrected chi connectivity index (χ0v) is 18.0. The Bertz CT molecular complexity index is 1230. The number of fused-ring (bicyclic) bond motifs is 1. The number of carbonyl (C=O) groups excluding carboxylic acids is 1. The van der Waals surface area contributed by atoms with Gasteiger partial charge in [0.05, 0.1) is 11.6 Å². The maximum atomic E-state index is 12.7. The molecular formula is C26H26N4O. The van der Waals surface area contributed by atoms with E-state index in [2.05, 4.69) is 16.3 Å². The van der Waals surface area contributed by atoms with Crippen molar-refractivity contribution in [2.24, 2.45) is 5.73 Å². The lowest BCUT2D eigenvalue weighted by atomic mass is 9.97. The second kappa shape index (κ2) is 8.58. The molecule has 5 nitrogen and oxygen atoms in total. The van der Waals surface area contributed by atoms with E-state index in [1.807, 2.05) is 87.7 Å². The summed E-state index contributed by atoms with van der Waals surface area (Å²) < 4.78 is 0. The van der Waals surface area contributed by atoms with Crippen LogP contribution < -0.4 is 16.0 Å². The van der Waals surface area contributed by atoms with Gasteiger partial charge in [-0.25, -0.2) is 4.98 Å². The number of carbonyl (C=O) groups is 1. The number of anilines is 3. The Kier molecular flexibility index (Phi) is 5.69. The van der Waals surface area contributed by atoms with Gasteiger partial charge >= 0.3 is 0 Å². The summed E-state index contributed by atoms with van der Waals surface area (Å²) in [5.41, 5.74) is 11.6. The summed E-state index contributed by atoms with van der Waals surface area (Å²) >= 11 is 0. The van der Waals surface area contributed by atoms with Crippen molar-refractivity contribution in [2.75, 3.05) is 24.3 Å². The van der Waals surface area contributed by atoms with Crippen LogP contribution in [0.5, 0.6) is 0 Å². The van der Waals surface area contributed by atoms with Gasteiger partial charge in [0.15, 0.2) is 5.78 Å². The Morgan fingerprint density at radius 1 is 0.968 bits per heavy atom. The molecule has 0 aliphatic carbocycles. The molecule has 3 N–H and O–H groups in total. The number of aryl methyl sites for hydroxylation is 1. The first-order valence-electron chi connectivity index (χ1n) is 10.2. The smallest absolute Gasteiger partial charge is 0.184 e. The highest BCUT2D eigenvalue weighted by atomic mass is 16.1. The molecule has 4 rings (SSSR count). The Hall–Kier alpha value is -3.70. The van der Waals surface area contributed by atoms with Crippen molar-refractivity contribution in [1.29, 1.82) is 0 Å². The molecule has 1 unspecified atom stereocenters. The van der Waals surface area contributed by atoms with Crippen LogP contribution in [-0.4, -0.2) is 24.9 Å². The number of nitrogens with one attached hydrogen (secondary N) is 1. The number of hydrogen-bond donors (Lipinski definition) is 2. The van der Waals surface area contributed by atoms with Crippen molar-refractivity contribution < 1.29 is 4.79 Å². The molecule has 1 atom stereocenters. The van der Waals surface area contributed by atoms with Gasteiger partial charge in [-0.15, -0.1) is 0 Å². The van der Waals surface area contributed by atoms with Crippen LogP contribution >= 0.6 is 0 Å². The van der Waals surface area contributed by atoms with E-state index in [9.17, 15) is 4.79 Å². The Morgan fingerprint density at radius 3 is 2.42 bits per heavy atom. The molecule has 0 amide bonds. The SMILES string of the molecule is Cc1cccc(C(=O)C(N)c2ccc(Nc3cc(N(C)C)c4ccccc4n3)cc2)c1. The molecule has 156 valence electrons. The number of nitrogens with zero attached hydrogens (tertiary/aromatic N) is 2. The Labute approximate surface area is 182 Å². The molecule has 0 radical (unpaired) electrons. The van der Waals surface area contributed by atoms with Crippen molar-refractivity contribution in [3.63, 3.8) is 0 Å². The summed E-state index contributed by atoms with van der Waals surface area (Å²) in [6, 6.07) is 24.5. The molecule has 0 saturated carbocycles. The quantitative estimate of drug-likeness (QED) is 0.426. The van der Waals surface area contributed by atoms with Crippen molar-refractivity contribution in [3.05, 3.63) is 95.6 Å². The van der Waals surface area contributed by atoms with Crippen LogP contribution in [0.15, 0.2) is 78.9 Å². The lowest BCUT2D eigenvalue weighted by molar-refractivity contribution is 0.0961. The monoisotopic (exact) mass is 410 g/mol. The number of aromatic nitrogens is 1. The predicted molar refractivity (Wildman–Crippen MR) is 128 cm³/mol. The van der Waals surface area contributed by atoms with Gasteiger partial charge in [-0.05, 0) is 36.8 Å². The van der Waals surface area contributed by atoms with E-state index in [0.717, 1.165) is 39.2 Å². The fraction of sp³-hybridized carbons (Fsp3) is 0.154. The number of ketones is 1. The zero-order valence-electron chi connectivity index (χ0n) is 18.0. The topological polar surface area (TPSA) is 71.2 Å². The second-order valence-electron chi connectivity index (χ2n) is 7.90. The van der Waals surface area contributed by atoms with Crippen molar-refractivity contribution in [1.82, 2.24) is 4.98 Å². The largest absolute Gasteiger partial charge is 0.377 e. The van der Waals surface area contributed by atoms with Gasteiger partial charge in [-0.2, -0.15) is 0 Å². The zero-order chi connectivity index (χ0) is 22.0. The van der Waals surface area contributed by atoms with Crippen molar-refractivity contribution in [3.8, 4) is 0 Å². The first kappa shape index (κ1) is 20.6. The summed E-state index contributed by atoms with van der Waals surface area (Å²) in [5.74, 6) is 0.673. The van der Waals surface area contributed by atoms with Crippen molar-refractivity contribution in [2.45, 2.75) is 13.0 Å². The van der Waals surface area contributed by atoms with E-state index in [4.69, 9.17) is 10.7 Å². The molecule has 1 aromatic heterocycles. The average molecular weight is 411 g/mol. The maximum Gasteiger partial charge on any atom is 0.184 e. The molecule has 4 aromatic rings. The fourth-order valence-corrected chi connectivity index (χ4v) is 3.64. The number of rotatable bonds is 6. The first-order chi connectivity index (χ1) is 14.9. The standard InChI is InChI=1S/C26H26N4O/c1-17-7-6-8-19(15-17)26(31)25(27)18-11-13-20(14-12-18)28-24-16-23(30(2)3)21-9-4-5-10-22(21)29-24/h4-16,25H,27H2,1-3H3,(H,28,29). The Balaban J connectivity index is 1.56. The van der Waals surface area contributed by atoms with Crippen molar-refractivity contribution >= 4 is 33.9 Å². The van der Waals surface area contributed by atoms with E-state index in [1.54, 1.807) is 6.07 Å². The minimum Gasteiger partial charge on any atom is -0.377 e. The third-order valence-electron chi connectivity index (χ3n) is 5.30. The average Bonchev–Trinajstić information content (AvgIpc) is 2.78. The molecule has 0 saturated heterocycles. The highest BCUT2D eigenvalue weighted by Gasteiger charge is 2.18. The lowest BCUT2D eigenvalue weighted by Crippen LogP contribution is -2.21. The van der Waals surface area contributed by atoms with Crippen LogP contribution in [-0.2, 0) is 0 Å². The van der Waals surface area contributed by atoms with Gasteiger partial charge in [-0.3, -0.25) is 4.79 Å². The molecule has 0 fully saturated rings. The van der Waals surface area contributed by atoms with E-state index in [0.29, 0.717) is 5.56 Å². The molecule has 1 heterocycles.